The van der Waals surface area contributed by atoms with Crippen molar-refractivity contribution in [2.45, 2.75) is 20.3 Å². The summed E-state index contributed by atoms with van der Waals surface area (Å²) in [6.07, 6.45) is 2.40. The molecule has 0 aliphatic carbocycles. The lowest BCUT2D eigenvalue weighted by Crippen LogP contribution is -2.03. The summed E-state index contributed by atoms with van der Waals surface area (Å²) in [6.45, 7) is 4.34. The van der Waals surface area contributed by atoms with Crippen LogP contribution in [0.4, 0.5) is 0 Å². The van der Waals surface area contributed by atoms with Gasteiger partial charge in [0, 0.05) is 17.8 Å². The van der Waals surface area contributed by atoms with Crippen molar-refractivity contribution >= 4 is 35.1 Å². The molecule has 1 heterocycles. The van der Waals surface area contributed by atoms with Crippen molar-refractivity contribution in [2.24, 2.45) is 0 Å². The highest BCUT2D eigenvalue weighted by molar-refractivity contribution is 8.90. The van der Waals surface area contributed by atoms with Crippen LogP contribution in [-0.4, -0.2) is 24.1 Å². The largest absolute Gasteiger partial charge is 0.466 e. The third-order valence-electron chi connectivity index (χ3n) is 1.70. The molecule has 1 rings (SSSR count). The van der Waals surface area contributed by atoms with Crippen LogP contribution in [-0.2, 0) is 9.53 Å². The Morgan fingerprint density at radius 2 is 2.14 bits per heavy atom. The fourth-order valence-corrected chi connectivity index (χ4v) is 9.47. The van der Waals surface area contributed by atoms with Gasteiger partial charge in [-0.25, -0.2) is 0 Å². The molecular formula is C9H15O2PS2. The first-order chi connectivity index (χ1) is 6.77. The van der Waals surface area contributed by atoms with E-state index in [1.165, 1.54) is 16.8 Å². The number of carbonyl (C=O) groups is 1. The number of carbonyl (C=O) groups excluding carboxylic acids is 1. The van der Waals surface area contributed by atoms with E-state index >= 15 is 0 Å². The van der Waals surface area contributed by atoms with Crippen molar-refractivity contribution in [3.05, 3.63) is 11.4 Å². The number of ether oxygens (including phenoxy) is 1. The Hall–Kier alpha value is 0.340. The predicted octanol–water partition coefficient (Wildman–Crippen LogP) is 3.64. The Morgan fingerprint density at radius 1 is 1.50 bits per heavy atom. The molecule has 1 fully saturated rings. The van der Waals surface area contributed by atoms with Crippen LogP contribution in [0.3, 0.4) is 0 Å². The van der Waals surface area contributed by atoms with E-state index in [0.717, 1.165) is 0 Å². The molecule has 0 N–H and O–H groups in total. The molecule has 2 nitrogen and oxygen atoms in total. The Kier molecular flexibility index (Phi) is 5.99. The van der Waals surface area contributed by atoms with E-state index in [-0.39, 0.29) is 12.3 Å². The first-order valence-corrected chi connectivity index (χ1v) is 9.17. The zero-order valence-electron chi connectivity index (χ0n) is 8.49. The van der Waals surface area contributed by atoms with Crippen LogP contribution in [0.15, 0.2) is 11.4 Å². The van der Waals surface area contributed by atoms with Gasteiger partial charge >= 0.3 is 5.97 Å². The van der Waals surface area contributed by atoms with Gasteiger partial charge in [0.15, 0.2) is 0 Å². The SMILES string of the molecule is C/C=C(\CC(=O)OCC)P1SCCS1. The van der Waals surface area contributed by atoms with Crippen molar-refractivity contribution < 1.29 is 9.53 Å². The second-order valence-electron chi connectivity index (χ2n) is 2.69. The van der Waals surface area contributed by atoms with E-state index in [1.54, 1.807) is 0 Å². The van der Waals surface area contributed by atoms with Crippen molar-refractivity contribution in [1.82, 2.24) is 0 Å². The molecule has 14 heavy (non-hydrogen) atoms. The van der Waals surface area contributed by atoms with Gasteiger partial charge in [0.25, 0.3) is 0 Å². The summed E-state index contributed by atoms with van der Waals surface area (Å²) in [4.78, 5) is 11.3. The standard InChI is InChI=1S/C9H15O2PS2/c1-3-8(7-9(10)11-4-2)12-13-5-6-14-12/h3H,4-7H2,1-2H3/b8-3+. The van der Waals surface area contributed by atoms with Crippen LogP contribution in [0.5, 0.6) is 0 Å². The van der Waals surface area contributed by atoms with Gasteiger partial charge < -0.3 is 4.74 Å². The number of rotatable bonds is 4. The zero-order chi connectivity index (χ0) is 10.4. The molecule has 0 bridgehead atoms. The van der Waals surface area contributed by atoms with Crippen molar-refractivity contribution in [3.63, 3.8) is 0 Å². The number of allylic oxidation sites excluding steroid dienone is 1. The highest BCUT2D eigenvalue weighted by atomic mass is 33.1. The molecule has 5 heteroatoms. The Morgan fingerprint density at radius 3 is 2.64 bits per heavy atom. The fraction of sp³-hybridized carbons (Fsp3) is 0.667. The van der Waals surface area contributed by atoms with Crippen LogP contribution >= 0.6 is 29.1 Å². The van der Waals surface area contributed by atoms with Gasteiger partial charge in [-0.2, -0.15) is 0 Å². The molecule has 1 aliphatic heterocycles. The molecule has 0 saturated carbocycles. The molecular weight excluding hydrogens is 235 g/mol. The van der Waals surface area contributed by atoms with Gasteiger partial charge in [0.2, 0.25) is 0 Å². The Labute approximate surface area is 94.5 Å². The minimum Gasteiger partial charge on any atom is -0.466 e. The summed E-state index contributed by atoms with van der Waals surface area (Å²) < 4.78 is 4.95. The fourth-order valence-electron chi connectivity index (χ4n) is 1.08. The molecule has 1 saturated heterocycles. The van der Waals surface area contributed by atoms with Crippen molar-refractivity contribution in [3.8, 4) is 0 Å². The van der Waals surface area contributed by atoms with E-state index in [4.69, 9.17) is 4.74 Å². The normalized spacial score (nSPS) is 18.6. The highest BCUT2D eigenvalue weighted by Gasteiger charge is 2.22. The molecule has 0 aromatic carbocycles. The monoisotopic (exact) mass is 250 g/mol. The van der Waals surface area contributed by atoms with Gasteiger partial charge in [-0.1, -0.05) is 6.08 Å². The maximum absolute atomic E-state index is 11.3. The molecule has 1 aliphatic rings. The number of hydrogen-bond donors (Lipinski definition) is 0. The first-order valence-electron chi connectivity index (χ1n) is 4.64. The van der Waals surface area contributed by atoms with Crippen molar-refractivity contribution in [1.29, 1.82) is 0 Å². The highest BCUT2D eigenvalue weighted by Crippen LogP contribution is 2.71. The second kappa shape index (κ2) is 6.76. The summed E-state index contributed by atoms with van der Waals surface area (Å²) in [5, 5.41) is 1.27. The number of hydrogen-bond acceptors (Lipinski definition) is 4. The van der Waals surface area contributed by atoms with Crippen LogP contribution < -0.4 is 0 Å². The minimum absolute atomic E-state index is 0.0869. The van der Waals surface area contributed by atoms with Crippen LogP contribution in [0.2, 0.25) is 0 Å². The van der Waals surface area contributed by atoms with Gasteiger partial charge in [0.1, 0.15) is 0 Å². The zero-order valence-corrected chi connectivity index (χ0v) is 11.0. The van der Waals surface area contributed by atoms with E-state index in [1.807, 2.05) is 36.6 Å². The lowest BCUT2D eigenvalue weighted by atomic mass is 10.4. The lowest BCUT2D eigenvalue weighted by Gasteiger charge is -2.11. The average Bonchev–Trinajstić information content (AvgIpc) is 2.67. The molecule has 0 unspecified atom stereocenters. The van der Waals surface area contributed by atoms with Gasteiger partial charge in [-0.05, 0) is 19.2 Å². The molecule has 0 aromatic rings. The minimum atomic E-state index is -0.158. The van der Waals surface area contributed by atoms with E-state index in [9.17, 15) is 4.79 Å². The van der Waals surface area contributed by atoms with Crippen molar-refractivity contribution in [2.75, 3.05) is 18.1 Å². The predicted molar refractivity (Wildman–Crippen MR) is 66.8 cm³/mol. The third kappa shape index (κ3) is 3.84. The Bertz CT molecular complexity index is 225. The average molecular weight is 250 g/mol. The first kappa shape index (κ1) is 12.4. The molecule has 0 amide bonds. The van der Waals surface area contributed by atoms with Crippen LogP contribution in [0, 0.1) is 0 Å². The summed E-state index contributed by atoms with van der Waals surface area (Å²) >= 11 is 3.97. The van der Waals surface area contributed by atoms with Gasteiger partial charge in [-0.3, -0.25) is 4.79 Å². The van der Waals surface area contributed by atoms with Gasteiger partial charge in [0.05, 0.1) is 13.0 Å². The summed E-state index contributed by atoms with van der Waals surface area (Å²) in [6, 6.07) is 0. The van der Waals surface area contributed by atoms with E-state index in [2.05, 4.69) is 6.08 Å². The maximum atomic E-state index is 11.3. The summed E-state index contributed by atoms with van der Waals surface area (Å²) in [5.74, 6) is 2.35. The van der Waals surface area contributed by atoms with E-state index < -0.39 is 0 Å². The van der Waals surface area contributed by atoms with E-state index in [0.29, 0.717) is 13.0 Å². The quantitative estimate of drug-likeness (QED) is 0.562. The lowest BCUT2D eigenvalue weighted by molar-refractivity contribution is -0.142. The summed E-state index contributed by atoms with van der Waals surface area (Å²) in [7, 11) is 0. The maximum Gasteiger partial charge on any atom is 0.310 e. The van der Waals surface area contributed by atoms with Crippen LogP contribution in [0.1, 0.15) is 20.3 Å². The molecule has 80 valence electrons. The topological polar surface area (TPSA) is 26.3 Å². The molecule has 0 atom stereocenters. The summed E-state index contributed by atoms with van der Waals surface area (Å²) in [5.41, 5.74) is 0. The van der Waals surface area contributed by atoms with Crippen LogP contribution in [0.25, 0.3) is 0 Å². The molecule has 0 radical (unpaired) electrons. The molecule has 0 aromatic heterocycles. The Balaban J connectivity index is 2.42. The smallest absolute Gasteiger partial charge is 0.310 e. The molecule has 0 spiro atoms. The third-order valence-corrected chi connectivity index (χ3v) is 9.89. The second-order valence-corrected chi connectivity index (χ2v) is 9.54. The number of esters is 1. The van der Waals surface area contributed by atoms with Gasteiger partial charge in [-0.15, -0.1) is 22.8 Å².